The molecule has 156 valence electrons. The molecular formula is C22H26N6O2. The molecule has 0 aliphatic carbocycles. The summed E-state index contributed by atoms with van der Waals surface area (Å²) < 4.78 is 7.31. The van der Waals surface area contributed by atoms with Gasteiger partial charge in [-0.3, -0.25) is 4.79 Å². The Hall–Kier alpha value is -3.16. The second-order valence-corrected chi connectivity index (χ2v) is 8.02. The van der Waals surface area contributed by atoms with E-state index in [9.17, 15) is 4.79 Å². The van der Waals surface area contributed by atoms with Gasteiger partial charge < -0.3 is 14.5 Å². The van der Waals surface area contributed by atoms with E-state index in [0.717, 1.165) is 61.2 Å². The number of hydrogen-bond donors (Lipinski definition) is 0. The van der Waals surface area contributed by atoms with E-state index in [4.69, 9.17) is 9.84 Å². The van der Waals surface area contributed by atoms with Crippen molar-refractivity contribution in [3.8, 4) is 5.75 Å². The number of carbonyl (C=O) groups is 1. The van der Waals surface area contributed by atoms with E-state index in [2.05, 4.69) is 22.0 Å². The summed E-state index contributed by atoms with van der Waals surface area (Å²) in [5.41, 5.74) is 1.50. The SMILES string of the molecule is CCOc1ccc(C(=O)N2CC3CN(c4ccc5nnc(CC)n5n4)CC3C2)cc1. The summed E-state index contributed by atoms with van der Waals surface area (Å²) >= 11 is 0. The Morgan fingerprint density at radius 2 is 1.73 bits per heavy atom. The molecule has 0 N–H and O–H groups in total. The second kappa shape index (κ2) is 7.59. The van der Waals surface area contributed by atoms with Gasteiger partial charge in [-0.2, -0.15) is 4.52 Å². The maximum atomic E-state index is 12.9. The molecule has 2 unspecified atom stereocenters. The number of hydrogen-bond acceptors (Lipinski definition) is 6. The predicted octanol–water partition coefficient (Wildman–Crippen LogP) is 2.29. The van der Waals surface area contributed by atoms with Crippen LogP contribution < -0.4 is 9.64 Å². The third kappa shape index (κ3) is 3.26. The average Bonchev–Trinajstić information content (AvgIpc) is 3.46. The minimum atomic E-state index is 0.107. The van der Waals surface area contributed by atoms with Gasteiger partial charge in [-0.05, 0) is 43.3 Å². The monoisotopic (exact) mass is 406 g/mol. The number of aryl methyl sites for hydroxylation is 1. The van der Waals surface area contributed by atoms with Crippen molar-refractivity contribution in [2.75, 3.05) is 37.7 Å². The molecule has 4 heterocycles. The highest BCUT2D eigenvalue weighted by Gasteiger charge is 2.42. The summed E-state index contributed by atoms with van der Waals surface area (Å²) in [6.07, 6.45) is 0.797. The summed E-state index contributed by atoms with van der Waals surface area (Å²) in [5.74, 6) is 3.68. The number of fused-ring (bicyclic) bond motifs is 2. The van der Waals surface area contributed by atoms with Gasteiger partial charge in [0.1, 0.15) is 11.6 Å². The molecule has 2 aliphatic heterocycles. The average molecular weight is 406 g/mol. The Morgan fingerprint density at radius 1 is 1.00 bits per heavy atom. The van der Waals surface area contributed by atoms with E-state index in [1.807, 2.05) is 52.7 Å². The predicted molar refractivity (Wildman–Crippen MR) is 113 cm³/mol. The van der Waals surface area contributed by atoms with Crippen LogP contribution in [0.5, 0.6) is 5.75 Å². The van der Waals surface area contributed by atoms with Crippen molar-refractivity contribution >= 4 is 17.4 Å². The fourth-order valence-electron chi connectivity index (χ4n) is 4.60. The number of nitrogens with zero attached hydrogens (tertiary/aromatic N) is 6. The first-order chi connectivity index (χ1) is 14.7. The first-order valence-electron chi connectivity index (χ1n) is 10.6. The zero-order valence-corrected chi connectivity index (χ0v) is 17.4. The quantitative estimate of drug-likeness (QED) is 0.647. The van der Waals surface area contributed by atoms with Gasteiger partial charge >= 0.3 is 0 Å². The van der Waals surface area contributed by atoms with Crippen LogP contribution in [0.1, 0.15) is 30.0 Å². The molecule has 8 nitrogen and oxygen atoms in total. The van der Waals surface area contributed by atoms with Gasteiger partial charge in [-0.25, -0.2) is 0 Å². The molecule has 3 aromatic rings. The maximum absolute atomic E-state index is 12.9. The number of likely N-dealkylation sites (tertiary alicyclic amines) is 1. The van der Waals surface area contributed by atoms with E-state index in [-0.39, 0.29) is 5.91 Å². The highest BCUT2D eigenvalue weighted by Crippen LogP contribution is 2.34. The minimum absolute atomic E-state index is 0.107. The lowest BCUT2D eigenvalue weighted by Crippen LogP contribution is -2.33. The molecule has 1 aromatic carbocycles. The fraction of sp³-hybridized carbons (Fsp3) is 0.455. The van der Waals surface area contributed by atoms with Gasteiger partial charge in [0.2, 0.25) is 0 Å². The first-order valence-corrected chi connectivity index (χ1v) is 10.6. The zero-order chi connectivity index (χ0) is 20.7. The lowest BCUT2D eigenvalue weighted by atomic mass is 10.0. The molecule has 2 fully saturated rings. The van der Waals surface area contributed by atoms with Crippen LogP contribution in [0.4, 0.5) is 5.82 Å². The Kier molecular flexibility index (Phi) is 4.77. The van der Waals surface area contributed by atoms with Crippen LogP contribution in [0.2, 0.25) is 0 Å². The third-order valence-corrected chi connectivity index (χ3v) is 6.14. The molecule has 2 aliphatic rings. The molecule has 5 rings (SSSR count). The number of aromatic nitrogens is 4. The number of anilines is 1. The summed E-state index contributed by atoms with van der Waals surface area (Å²) in [5, 5.41) is 13.1. The zero-order valence-electron chi connectivity index (χ0n) is 17.4. The molecule has 0 saturated carbocycles. The molecule has 2 saturated heterocycles. The third-order valence-electron chi connectivity index (χ3n) is 6.14. The smallest absolute Gasteiger partial charge is 0.253 e. The Labute approximate surface area is 175 Å². The Morgan fingerprint density at radius 3 is 2.40 bits per heavy atom. The van der Waals surface area contributed by atoms with Crippen LogP contribution >= 0.6 is 0 Å². The molecular weight excluding hydrogens is 380 g/mol. The van der Waals surface area contributed by atoms with Gasteiger partial charge in [0.15, 0.2) is 11.5 Å². The number of benzene rings is 1. The molecule has 0 radical (unpaired) electrons. The largest absolute Gasteiger partial charge is 0.494 e. The number of carbonyl (C=O) groups excluding carboxylic acids is 1. The number of ether oxygens (including phenoxy) is 1. The second-order valence-electron chi connectivity index (χ2n) is 8.02. The molecule has 0 bridgehead atoms. The van der Waals surface area contributed by atoms with E-state index >= 15 is 0 Å². The van der Waals surface area contributed by atoms with Crippen molar-refractivity contribution in [3.63, 3.8) is 0 Å². The van der Waals surface area contributed by atoms with Gasteiger partial charge in [0.05, 0.1) is 6.61 Å². The normalized spacial score (nSPS) is 20.7. The number of rotatable bonds is 5. The van der Waals surface area contributed by atoms with Crippen molar-refractivity contribution in [1.82, 2.24) is 24.7 Å². The van der Waals surface area contributed by atoms with E-state index in [1.165, 1.54) is 0 Å². The molecule has 1 amide bonds. The fourth-order valence-corrected chi connectivity index (χ4v) is 4.60. The van der Waals surface area contributed by atoms with E-state index in [1.54, 1.807) is 0 Å². The van der Waals surface area contributed by atoms with Crippen LogP contribution in [0.3, 0.4) is 0 Å². The van der Waals surface area contributed by atoms with Crippen LogP contribution in [0.25, 0.3) is 5.65 Å². The molecule has 2 aromatic heterocycles. The van der Waals surface area contributed by atoms with Crippen molar-refractivity contribution < 1.29 is 9.53 Å². The lowest BCUT2D eigenvalue weighted by molar-refractivity contribution is 0.0782. The van der Waals surface area contributed by atoms with Crippen LogP contribution in [0.15, 0.2) is 36.4 Å². The van der Waals surface area contributed by atoms with Crippen molar-refractivity contribution in [1.29, 1.82) is 0 Å². The summed E-state index contributed by atoms with van der Waals surface area (Å²) in [6, 6.07) is 11.5. The van der Waals surface area contributed by atoms with Gasteiger partial charge in [-0.1, -0.05) is 6.92 Å². The first kappa shape index (κ1) is 18.8. The van der Waals surface area contributed by atoms with Gasteiger partial charge in [-0.15, -0.1) is 15.3 Å². The lowest BCUT2D eigenvalue weighted by Gasteiger charge is -2.22. The van der Waals surface area contributed by atoms with Crippen LogP contribution in [-0.2, 0) is 6.42 Å². The highest BCUT2D eigenvalue weighted by atomic mass is 16.5. The Bertz CT molecular complexity index is 1050. The Balaban J connectivity index is 1.25. The van der Waals surface area contributed by atoms with Crippen LogP contribution in [-0.4, -0.2) is 63.4 Å². The number of amides is 1. The molecule has 0 spiro atoms. The van der Waals surface area contributed by atoms with Crippen molar-refractivity contribution in [2.24, 2.45) is 11.8 Å². The van der Waals surface area contributed by atoms with Crippen molar-refractivity contribution in [2.45, 2.75) is 20.3 Å². The van der Waals surface area contributed by atoms with Gasteiger partial charge in [0.25, 0.3) is 5.91 Å². The van der Waals surface area contributed by atoms with Crippen molar-refractivity contribution in [3.05, 3.63) is 47.8 Å². The van der Waals surface area contributed by atoms with Gasteiger partial charge in [0, 0.05) is 50.0 Å². The van der Waals surface area contributed by atoms with E-state index < -0.39 is 0 Å². The maximum Gasteiger partial charge on any atom is 0.253 e. The topological polar surface area (TPSA) is 75.9 Å². The summed E-state index contributed by atoms with van der Waals surface area (Å²) in [7, 11) is 0. The van der Waals surface area contributed by atoms with E-state index in [0.29, 0.717) is 18.4 Å². The minimum Gasteiger partial charge on any atom is -0.494 e. The summed E-state index contributed by atoms with van der Waals surface area (Å²) in [4.78, 5) is 17.2. The van der Waals surface area contributed by atoms with Crippen LogP contribution in [0, 0.1) is 11.8 Å². The highest BCUT2D eigenvalue weighted by molar-refractivity contribution is 5.94. The molecule has 2 atom stereocenters. The standard InChI is InChI=1S/C22H26N6O2/c1-3-19-23-24-20-9-10-21(25-28(19)20)26-11-16-13-27(14-17(16)12-26)22(29)15-5-7-18(8-6-15)30-4-2/h5-10,16-17H,3-4,11-14H2,1-2H3. The summed E-state index contributed by atoms with van der Waals surface area (Å²) in [6.45, 7) is 8.05. The molecule has 8 heteroatoms. The molecule has 30 heavy (non-hydrogen) atoms.